The number of methoxy groups -OCH3 is 1. The van der Waals surface area contributed by atoms with Gasteiger partial charge >= 0.3 is 0 Å². The molecule has 0 amide bonds. The highest BCUT2D eigenvalue weighted by Crippen LogP contribution is 2.29. The third kappa shape index (κ3) is 2.72. The van der Waals surface area contributed by atoms with Crippen LogP contribution in [-0.2, 0) is 14.8 Å². The van der Waals surface area contributed by atoms with E-state index in [2.05, 4.69) is 0 Å². The van der Waals surface area contributed by atoms with Crippen LogP contribution >= 0.6 is 11.6 Å². The molecule has 7 heteroatoms. The zero-order valence-electron chi connectivity index (χ0n) is 10.9. The summed E-state index contributed by atoms with van der Waals surface area (Å²) in [6, 6.07) is 2.96. The van der Waals surface area contributed by atoms with Crippen molar-refractivity contribution in [3.8, 4) is 0 Å². The maximum absolute atomic E-state index is 12.5. The van der Waals surface area contributed by atoms with Gasteiger partial charge in [-0.15, -0.1) is 0 Å². The summed E-state index contributed by atoms with van der Waals surface area (Å²) in [6.45, 7) is 2.57. The zero-order valence-corrected chi connectivity index (χ0v) is 12.5. The first-order valence-corrected chi connectivity index (χ1v) is 7.76. The molecule has 1 saturated heterocycles. The summed E-state index contributed by atoms with van der Waals surface area (Å²) in [7, 11) is -1.94. The second-order valence-corrected chi connectivity index (χ2v) is 6.97. The van der Waals surface area contributed by atoms with E-state index in [4.69, 9.17) is 22.1 Å². The molecule has 1 aliphatic rings. The quantitative estimate of drug-likeness (QED) is 0.862. The minimum absolute atomic E-state index is 0.0412. The topological polar surface area (TPSA) is 72.6 Å². The lowest BCUT2D eigenvalue weighted by Crippen LogP contribution is -2.30. The number of hydrogen-bond donors (Lipinski definition) is 1. The van der Waals surface area contributed by atoms with Gasteiger partial charge in [-0.05, 0) is 31.0 Å². The van der Waals surface area contributed by atoms with E-state index in [1.165, 1.54) is 10.4 Å². The van der Waals surface area contributed by atoms with Crippen LogP contribution in [0.15, 0.2) is 17.0 Å². The first kappa shape index (κ1) is 14.6. The number of nitrogen functional groups attached to an aromatic ring is 1. The Morgan fingerprint density at radius 1 is 1.47 bits per heavy atom. The average Bonchev–Trinajstić information content (AvgIpc) is 2.84. The SMILES string of the molecule is COC1CCN(S(=O)(=O)c2cc(C)c(Cl)c(N)c2)C1. The molecule has 1 aliphatic heterocycles. The second kappa shape index (κ2) is 5.28. The summed E-state index contributed by atoms with van der Waals surface area (Å²) in [5.41, 5.74) is 6.67. The molecule has 5 nitrogen and oxygen atoms in total. The Kier molecular flexibility index (Phi) is 4.06. The molecule has 2 N–H and O–H groups in total. The van der Waals surface area contributed by atoms with Crippen molar-refractivity contribution in [3.05, 3.63) is 22.7 Å². The minimum atomic E-state index is -3.53. The van der Waals surface area contributed by atoms with Gasteiger partial charge in [0.2, 0.25) is 10.0 Å². The standard InChI is InChI=1S/C12H17ClN2O3S/c1-8-5-10(6-11(14)12(8)13)19(16,17)15-4-3-9(7-15)18-2/h5-6,9H,3-4,7,14H2,1-2H3. The Morgan fingerprint density at radius 3 is 2.68 bits per heavy atom. The molecule has 1 unspecified atom stereocenters. The van der Waals surface area contributed by atoms with Crippen LogP contribution in [0.25, 0.3) is 0 Å². The summed E-state index contributed by atoms with van der Waals surface area (Å²) >= 11 is 5.95. The monoisotopic (exact) mass is 304 g/mol. The molecule has 0 bridgehead atoms. The summed E-state index contributed by atoms with van der Waals surface area (Å²) in [6.07, 6.45) is 0.665. The molecular formula is C12H17ClN2O3S. The van der Waals surface area contributed by atoms with Gasteiger partial charge in [0, 0.05) is 20.2 Å². The summed E-state index contributed by atoms with van der Waals surface area (Å²) in [4.78, 5) is 0.184. The normalized spacial score (nSPS) is 20.9. The lowest BCUT2D eigenvalue weighted by Gasteiger charge is -2.17. The summed E-state index contributed by atoms with van der Waals surface area (Å²) in [5.74, 6) is 0. The zero-order chi connectivity index (χ0) is 14.2. The van der Waals surface area contributed by atoms with Crippen LogP contribution in [0.1, 0.15) is 12.0 Å². The number of hydrogen-bond acceptors (Lipinski definition) is 4. The van der Waals surface area contributed by atoms with Gasteiger partial charge in [0.15, 0.2) is 0 Å². The fourth-order valence-electron chi connectivity index (χ4n) is 2.17. The van der Waals surface area contributed by atoms with Crippen LogP contribution in [-0.4, -0.2) is 39.0 Å². The van der Waals surface area contributed by atoms with E-state index in [1.54, 1.807) is 20.1 Å². The van der Waals surface area contributed by atoms with Crippen LogP contribution in [0.3, 0.4) is 0 Å². The van der Waals surface area contributed by atoms with E-state index in [-0.39, 0.29) is 16.7 Å². The Bertz CT molecular complexity index is 566. The molecule has 2 rings (SSSR count). The largest absolute Gasteiger partial charge is 0.397 e. The van der Waals surface area contributed by atoms with Gasteiger partial charge in [0.05, 0.1) is 21.7 Å². The summed E-state index contributed by atoms with van der Waals surface area (Å²) in [5, 5.41) is 0.398. The fourth-order valence-corrected chi connectivity index (χ4v) is 3.89. The number of halogens is 1. The van der Waals surface area contributed by atoms with E-state index in [9.17, 15) is 8.42 Å². The third-order valence-electron chi connectivity index (χ3n) is 3.34. The highest BCUT2D eigenvalue weighted by atomic mass is 35.5. The molecule has 1 aromatic rings. The van der Waals surface area contributed by atoms with Crippen molar-refractivity contribution < 1.29 is 13.2 Å². The molecule has 0 aromatic heterocycles. The number of nitrogens with zero attached hydrogens (tertiary/aromatic N) is 1. The highest BCUT2D eigenvalue weighted by molar-refractivity contribution is 7.89. The van der Waals surface area contributed by atoms with Gasteiger partial charge in [-0.2, -0.15) is 4.31 Å². The molecule has 1 fully saturated rings. The molecule has 0 radical (unpaired) electrons. The molecule has 106 valence electrons. The van der Waals surface area contributed by atoms with Gasteiger partial charge in [0.1, 0.15) is 0 Å². The number of ether oxygens (including phenoxy) is 1. The van der Waals surface area contributed by atoms with Crippen molar-refractivity contribution in [1.82, 2.24) is 4.31 Å². The van der Waals surface area contributed by atoms with E-state index in [0.717, 1.165) is 0 Å². The van der Waals surface area contributed by atoms with E-state index in [0.29, 0.717) is 30.1 Å². The van der Waals surface area contributed by atoms with E-state index >= 15 is 0 Å². The second-order valence-electron chi connectivity index (χ2n) is 4.65. The van der Waals surface area contributed by atoms with E-state index < -0.39 is 10.0 Å². The molecule has 1 heterocycles. The van der Waals surface area contributed by atoms with Crippen molar-refractivity contribution in [2.75, 3.05) is 25.9 Å². The number of sulfonamides is 1. The van der Waals surface area contributed by atoms with Crippen molar-refractivity contribution in [2.24, 2.45) is 0 Å². The van der Waals surface area contributed by atoms with Crippen LogP contribution in [0.5, 0.6) is 0 Å². The van der Waals surface area contributed by atoms with Crippen molar-refractivity contribution >= 4 is 27.3 Å². The Hall–Kier alpha value is -0.820. The first-order chi connectivity index (χ1) is 8.86. The Labute approximate surface area is 118 Å². The van der Waals surface area contributed by atoms with Crippen LogP contribution < -0.4 is 5.73 Å². The van der Waals surface area contributed by atoms with Crippen LogP contribution in [0.2, 0.25) is 5.02 Å². The number of nitrogens with two attached hydrogens (primary N) is 1. The molecule has 0 saturated carbocycles. The predicted octanol–water partition coefficient (Wildman–Crippen LogP) is 1.64. The lowest BCUT2D eigenvalue weighted by molar-refractivity contribution is 0.115. The third-order valence-corrected chi connectivity index (χ3v) is 5.69. The van der Waals surface area contributed by atoms with Crippen molar-refractivity contribution in [3.63, 3.8) is 0 Å². The molecule has 0 spiro atoms. The smallest absolute Gasteiger partial charge is 0.243 e. The highest BCUT2D eigenvalue weighted by Gasteiger charge is 2.33. The number of aryl methyl sites for hydroxylation is 1. The van der Waals surface area contributed by atoms with Gasteiger partial charge in [-0.25, -0.2) is 8.42 Å². The first-order valence-electron chi connectivity index (χ1n) is 5.95. The van der Waals surface area contributed by atoms with Crippen molar-refractivity contribution in [1.29, 1.82) is 0 Å². The van der Waals surface area contributed by atoms with Crippen molar-refractivity contribution in [2.45, 2.75) is 24.3 Å². The number of anilines is 1. The van der Waals surface area contributed by atoms with Crippen LogP contribution in [0.4, 0.5) is 5.69 Å². The molecule has 1 aromatic carbocycles. The maximum Gasteiger partial charge on any atom is 0.243 e. The summed E-state index contributed by atoms with van der Waals surface area (Å²) < 4.78 is 31.6. The maximum atomic E-state index is 12.5. The number of benzene rings is 1. The molecular weight excluding hydrogens is 288 g/mol. The minimum Gasteiger partial charge on any atom is -0.397 e. The van der Waals surface area contributed by atoms with E-state index in [1.807, 2.05) is 0 Å². The van der Waals surface area contributed by atoms with Gasteiger partial charge in [0.25, 0.3) is 0 Å². The lowest BCUT2D eigenvalue weighted by atomic mass is 10.2. The Balaban J connectivity index is 2.35. The average molecular weight is 305 g/mol. The number of rotatable bonds is 3. The van der Waals surface area contributed by atoms with Gasteiger partial charge < -0.3 is 10.5 Å². The predicted molar refractivity (Wildman–Crippen MR) is 74.8 cm³/mol. The molecule has 1 atom stereocenters. The Morgan fingerprint density at radius 2 is 2.16 bits per heavy atom. The van der Waals surface area contributed by atoms with Gasteiger partial charge in [-0.3, -0.25) is 0 Å². The molecule has 0 aliphatic carbocycles. The molecule has 19 heavy (non-hydrogen) atoms. The van der Waals surface area contributed by atoms with Crippen LogP contribution in [0, 0.1) is 6.92 Å². The van der Waals surface area contributed by atoms with Gasteiger partial charge in [-0.1, -0.05) is 11.6 Å². The fraction of sp³-hybridized carbons (Fsp3) is 0.500.